The van der Waals surface area contributed by atoms with Crippen molar-refractivity contribution in [2.24, 2.45) is 10.9 Å². The number of hydrogen-bond acceptors (Lipinski definition) is 5. The van der Waals surface area contributed by atoms with Gasteiger partial charge in [-0.3, -0.25) is 4.99 Å². The Balaban J connectivity index is 0.00000450. The van der Waals surface area contributed by atoms with Crippen molar-refractivity contribution in [3.8, 4) is 5.75 Å². The number of hydrogen-bond donors (Lipinski definition) is 2. The van der Waals surface area contributed by atoms with Crippen molar-refractivity contribution in [2.75, 3.05) is 60.3 Å². The van der Waals surface area contributed by atoms with Crippen LogP contribution in [-0.4, -0.2) is 66.2 Å². The molecule has 1 heterocycles. The van der Waals surface area contributed by atoms with E-state index in [9.17, 15) is 0 Å². The van der Waals surface area contributed by atoms with E-state index in [-0.39, 0.29) is 24.0 Å². The van der Waals surface area contributed by atoms with Crippen molar-refractivity contribution in [1.82, 2.24) is 10.6 Å². The number of methoxy groups -OCH3 is 1. The van der Waals surface area contributed by atoms with E-state index in [1.165, 1.54) is 0 Å². The summed E-state index contributed by atoms with van der Waals surface area (Å²) in [5, 5.41) is 6.64. The Morgan fingerprint density at radius 1 is 1.03 bits per heavy atom. The van der Waals surface area contributed by atoms with Gasteiger partial charge in [-0.05, 0) is 49.3 Å². The third-order valence-electron chi connectivity index (χ3n) is 4.86. The van der Waals surface area contributed by atoms with E-state index in [0.29, 0.717) is 19.1 Å². The highest BCUT2D eigenvalue weighted by molar-refractivity contribution is 14.0. The second kappa shape index (κ2) is 17.6. The average Bonchev–Trinajstić information content (AvgIpc) is 2.78. The second-order valence-corrected chi connectivity index (χ2v) is 7.16. The number of halogens is 1. The number of guanidine groups is 1. The van der Waals surface area contributed by atoms with Gasteiger partial charge < -0.3 is 29.6 Å². The molecule has 1 fully saturated rings. The second-order valence-electron chi connectivity index (χ2n) is 7.16. The molecule has 0 spiro atoms. The van der Waals surface area contributed by atoms with Crippen LogP contribution in [0.4, 0.5) is 0 Å². The topological polar surface area (TPSA) is 73.3 Å². The van der Waals surface area contributed by atoms with Gasteiger partial charge in [0, 0.05) is 53.2 Å². The predicted octanol–water partition coefficient (Wildman–Crippen LogP) is 3.22. The molecule has 2 rings (SSSR count). The molecule has 0 unspecified atom stereocenters. The van der Waals surface area contributed by atoms with Gasteiger partial charge in [0.25, 0.3) is 0 Å². The predicted molar refractivity (Wildman–Crippen MR) is 131 cm³/mol. The Morgan fingerprint density at radius 3 is 2.27 bits per heavy atom. The van der Waals surface area contributed by atoms with Crippen molar-refractivity contribution in [3.05, 3.63) is 29.8 Å². The maximum absolute atomic E-state index is 5.78. The lowest BCUT2D eigenvalue weighted by atomic mass is 10.0. The van der Waals surface area contributed by atoms with Gasteiger partial charge in [0.1, 0.15) is 5.75 Å². The molecule has 7 nitrogen and oxygen atoms in total. The molecule has 0 bridgehead atoms. The van der Waals surface area contributed by atoms with Crippen LogP contribution in [-0.2, 0) is 20.8 Å². The maximum atomic E-state index is 5.78. The molecule has 30 heavy (non-hydrogen) atoms. The molecular weight excluding hydrogens is 497 g/mol. The van der Waals surface area contributed by atoms with Crippen molar-refractivity contribution < 1.29 is 18.9 Å². The van der Waals surface area contributed by atoms with Gasteiger partial charge >= 0.3 is 0 Å². The monoisotopic (exact) mass is 535 g/mol. The highest BCUT2D eigenvalue weighted by Gasteiger charge is 2.13. The van der Waals surface area contributed by atoms with E-state index in [2.05, 4.69) is 15.6 Å². The lowest BCUT2D eigenvalue weighted by Crippen LogP contribution is -2.38. The van der Waals surface area contributed by atoms with Gasteiger partial charge in [-0.1, -0.05) is 12.1 Å². The van der Waals surface area contributed by atoms with Crippen LogP contribution in [0.1, 0.15) is 31.2 Å². The lowest BCUT2D eigenvalue weighted by Gasteiger charge is -2.21. The van der Waals surface area contributed by atoms with Crippen LogP contribution in [0.3, 0.4) is 0 Å². The smallest absolute Gasteiger partial charge is 0.190 e. The first-order chi connectivity index (χ1) is 14.3. The van der Waals surface area contributed by atoms with Gasteiger partial charge in [-0.2, -0.15) is 0 Å². The number of aliphatic imine (C=N–C) groups is 1. The minimum atomic E-state index is 0. The Morgan fingerprint density at radius 2 is 1.67 bits per heavy atom. The number of rotatable bonds is 13. The molecule has 1 aromatic rings. The third-order valence-corrected chi connectivity index (χ3v) is 4.86. The minimum absolute atomic E-state index is 0. The first-order valence-corrected chi connectivity index (χ1v) is 10.6. The molecule has 1 aromatic carbocycles. The van der Waals surface area contributed by atoms with Gasteiger partial charge in [-0.25, -0.2) is 0 Å². The summed E-state index contributed by atoms with van der Waals surface area (Å²) in [6.07, 6.45) is 4.14. The maximum Gasteiger partial charge on any atom is 0.190 e. The van der Waals surface area contributed by atoms with E-state index >= 15 is 0 Å². The first kappa shape index (κ1) is 26.9. The molecule has 1 saturated heterocycles. The lowest BCUT2D eigenvalue weighted by molar-refractivity contribution is 0.0203. The van der Waals surface area contributed by atoms with Gasteiger partial charge in [0.15, 0.2) is 5.96 Å². The SMILES string of the molecule is CN=C(NCCCOCc1ccc(OC)cc1)NCCCOCC1CCOCC1.I. The summed E-state index contributed by atoms with van der Waals surface area (Å²) in [5.74, 6) is 2.35. The summed E-state index contributed by atoms with van der Waals surface area (Å²) in [7, 11) is 3.46. The summed E-state index contributed by atoms with van der Waals surface area (Å²) >= 11 is 0. The highest BCUT2D eigenvalue weighted by atomic mass is 127. The summed E-state index contributed by atoms with van der Waals surface area (Å²) in [5.41, 5.74) is 1.15. The van der Waals surface area contributed by atoms with E-state index in [1.54, 1.807) is 14.2 Å². The van der Waals surface area contributed by atoms with Crippen LogP contribution in [0.15, 0.2) is 29.3 Å². The fraction of sp³-hybridized carbons (Fsp3) is 0.682. The zero-order valence-electron chi connectivity index (χ0n) is 18.4. The van der Waals surface area contributed by atoms with E-state index < -0.39 is 0 Å². The zero-order chi connectivity index (χ0) is 20.6. The molecule has 0 atom stereocenters. The number of nitrogens with one attached hydrogen (secondary N) is 2. The fourth-order valence-electron chi connectivity index (χ4n) is 3.06. The van der Waals surface area contributed by atoms with E-state index in [0.717, 1.165) is 82.5 Å². The molecule has 0 radical (unpaired) electrons. The Kier molecular flexibility index (Phi) is 15.8. The van der Waals surface area contributed by atoms with Crippen LogP contribution >= 0.6 is 24.0 Å². The number of ether oxygens (including phenoxy) is 4. The summed E-state index contributed by atoms with van der Waals surface area (Å²) in [4.78, 5) is 4.25. The van der Waals surface area contributed by atoms with Crippen LogP contribution in [0.2, 0.25) is 0 Å². The molecule has 0 aromatic heterocycles. The van der Waals surface area contributed by atoms with Crippen LogP contribution < -0.4 is 15.4 Å². The molecule has 0 saturated carbocycles. The van der Waals surface area contributed by atoms with Crippen molar-refractivity contribution >= 4 is 29.9 Å². The minimum Gasteiger partial charge on any atom is -0.497 e. The standard InChI is InChI=1S/C22H37N3O4.HI/c1-23-22(25-12-4-14-29-18-20-9-15-27-16-10-20)24-11-3-13-28-17-19-5-7-21(26-2)8-6-19;/h5-8,20H,3-4,9-18H2,1-2H3,(H2,23,24,25);1H. The molecule has 2 N–H and O–H groups in total. The third kappa shape index (κ3) is 11.9. The summed E-state index contributed by atoms with van der Waals surface area (Å²) in [6, 6.07) is 7.95. The molecular formula is C22H38IN3O4. The first-order valence-electron chi connectivity index (χ1n) is 10.6. The molecule has 172 valence electrons. The molecule has 0 amide bonds. The fourth-order valence-corrected chi connectivity index (χ4v) is 3.06. The van der Waals surface area contributed by atoms with E-state index in [4.69, 9.17) is 18.9 Å². The molecule has 1 aliphatic heterocycles. The van der Waals surface area contributed by atoms with Crippen molar-refractivity contribution in [3.63, 3.8) is 0 Å². The normalized spacial score (nSPS) is 14.8. The molecule has 8 heteroatoms. The Bertz CT molecular complexity index is 566. The zero-order valence-corrected chi connectivity index (χ0v) is 20.7. The highest BCUT2D eigenvalue weighted by Crippen LogP contribution is 2.14. The number of benzene rings is 1. The number of nitrogens with zero attached hydrogens (tertiary/aromatic N) is 1. The Labute approximate surface area is 198 Å². The van der Waals surface area contributed by atoms with E-state index in [1.807, 2.05) is 24.3 Å². The summed E-state index contributed by atoms with van der Waals surface area (Å²) in [6.45, 7) is 6.38. The molecule has 1 aliphatic rings. The van der Waals surface area contributed by atoms with Gasteiger partial charge in [0.05, 0.1) is 13.7 Å². The van der Waals surface area contributed by atoms with Gasteiger partial charge in [0.2, 0.25) is 0 Å². The molecule has 0 aliphatic carbocycles. The Hall–Kier alpha value is -1.10. The van der Waals surface area contributed by atoms with Crippen molar-refractivity contribution in [2.45, 2.75) is 32.3 Å². The van der Waals surface area contributed by atoms with Crippen LogP contribution in [0.5, 0.6) is 5.75 Å². The largest absolute Gasteiger partial charge is 0.497 e. The van der Waals surface area contributed by atoms with Crippen LogP contribution in [0.25, 0.3) is 0 Å². The average molecular weight is 535 g/mol. The summed E-state index contributed by atoms with van der Waals surface area (Å²) < 4.78 is 22.0. The van der Waals surface area contributed by atoms with Crippen molar-refractivity contribution in [1.29, 1.82) is 0 Å². The quantitative estimate of drug-likeness (QED) is 0.175. The van der Waals surface area contributed by atoms with Crippen LogP contribution in [0, 0.1) is 5.92 Å². The van der Waals surface area contributed by atoms with Gasteiger partial charge in [-0.15, -0.1) is 24.0 Å².